The lowest BCUT2D eigenvalue weighted by molar-refractivity contribution is -0.385. The molecule has 1 rings (SSSR count). The number of likely N-dealkylation sites (N-methyl/N-ethyl adjacent to an activating group) is 1. The highest BCUT2D eigenvalue weighted by molar-refractivity contribution is 5.96. The van der Waals surface area contributed by atoms with E-state index >= 15 is 0 Å². The van der Waals surface area contributed by atoms with Gasteiger partial charge in [0.25, 0.3) is 11.6 Å². The molecule has 0 aliphatic heterocycles. The molecule has 1 amide bonds. The number of nitro benzene ring substituents is 1. The number of benzene rings is 1. The predicted molar refractivity (Wildman–Crippen MR) is 66.6 cm³/mol. The molecule has 0 heterocycles. The lowest BCUT2D eigenvalue weighted by atomic mass is 10.1. The summed E-state index contributed by atoms with van der Waals surface area (Å²) in [4.78, 5) is 33.8. The lowest BCUT2D eigenvalue weighted by Crippen LogP contribution is -2.33. The third kappa shape index (κ3) is 3.74. The minimum Gasteiger partial charge on any atom is -0.465 e. The Labute approximate surface area is 114 Å². The van der Waals surface area contributed by atoms with Gasteiger partial charge in [-0.15, -0.1) is 0 Å². The van der Waals surface area contributed by atoms with Crippen molar-refractivity contribution in [1.29, 1.82) is 0 Å². The van der Waals surface area contributed by atoms with Gasteiger partial charge in [0, 0.05) is 13.1 Å². The molecule has 0 N–H and O–H groups in total. The number of non-ortho nitro benzene ring substituents is 1. The Hall–Kier alpha value is -2.51. The van der Waals surface area contributed by atoms with E-state index in [4.69, 9.17) is 0 Å². The second-order valence-electron chi connectivity index (χ2n) is 3.89. The molecule has 0 unspecified atom stereocenters. The van der Waals surface area contributed by atoms with Crippen molar-refractivity contribution < 1.29 is 23.6 Å². The lowest BCUT2D eigenvalue weighted by Gasteiger charge is -2.16. The van der Waals surface area contributed by atoms with Gasteiger partial charge in [-0.3, -0.25) is 19.7 Å². The maximum absolute atomic E-state index is 13.6. The van der Waals surface area contributed by atoms with Crippen LogP contribution >= 0.6 is 0 Å². The van der Waals surface area contributed by atoms with Gasteiger partial charge in [0.1, 0.15) is 12.4 Å². The van der Waals surface area contributed by atoms with Crippen molar-refractivity contribution in [2.24, 2.45) is 0 Å². The fourth-order valence-corrected chi connectivity index (χ4v) is 1.47. The first-order valence-electron chi connectivity index (χ1n) is 5.71. The van der Waals surface area contributed by atoms with Gasteiger partial charge in [0.2, 0.25) is 0 Å². The summed E-state index contributed by atoms with van der Waals surface area (Å²) in [7, 11) is 1.31. The van der Waals surface area contributed by atoms with Crippen molar-refractivity contribution in [3.05, 3.63) is 39.7 Å². The van der Waals surface area contributed by atoms with Crippen LogP contribution in [0.15, 0.2) is 18.2 Å². The summed E-state index contributed by atoms with van der Waals surface area (Å²) >= 11 is 0. The summed E-state index contributed by atoms with van der Waals surface area (Å²) < 4.78 is 18.3. The largest absolute Gasteiger partial charge is 0.465 e. The van der Waals surface area contributed by atoms with Crippen LogP contribution in [0.1, 0.15) is 17.3 Å². The first kappa shape index (κ1) is 15.5. The van der Waals surface area contributed by atoms with E-state index in [0.29, 0.717) is 6.07 Å². The highest BCUT2D eigenvalue weighted by Crippen LogP contribution is 2.17. The van der Waals surface area contributed by atoms with Crippen LogP contribution in [-0.4, -0.2) is 41.9 Å². The van der Waals surface area contributed by atoms with Crippen molar-refractivity contribution in [3.63, 3.8) is 0 Å². The van der Waals surface area contributed by atoms with E-state index in [1.165, 1.54) is 7.05 Å². The quantitative estimate of drug-likeness (QED) is 0.462. The fourth-order valence-electron chi connectivity index (χ4n) is 1.47. The Kier molecular flexibility index (Phi) is 5.13. The Morgan fingerprint density at radius 3 is 2.60 bits per heavy atom. The molecule has 8 heteroatoms. The highest BCUT2D eigenvalue weighted by atomic mass is 19.1. The summed E-state index contributed by atoms with van der Waals surface area (Å²) in [6.07, 6.45) is 0. The minimum atomic E-state index is -1.01. The first-order chi connectivity index (χ1) is 9.36. The normalized spacial score (nSPS) is 9.95. The third-order valence-electron chi connectivity index (χ3n) is 2.41. The summed E-state index contributed by atoms with van der Waals surface area (Å²) in [5.41, 5.74) is -0.797. The van der Waals surface area contributed by atoms with Gasteiger partial charge in [0.05, 0.1) is 23.2 Å². The Bertz CT molecular complexity index is 547. The number of hydrogen-bond donors (Lipinski definition) is 0. The molecule has 0 radical (unpaired) electrons. The van der Waals surface area contributed by atoms with Crippen molar-refractivity contribution in [3.8, 4) is 0 Å². The second-order valence-corrected chi connectivity index (χ2v) is 3.89. The number of halogens is 1. The number of nitrogens with zero attached hydrogens (tertiary/aromatic N) is 2. The molecular formula is C12H13FN2O5. The molecule has 20 heavy (non-hydrogen) atoms. The molecule has 1 aromatic rings. The summed E-state index contributed by atoms with van der Waals surface area (Å²) in [5.74, 6) is -2.39. The van der Waals surface area contributed by atoms with Gasteiger partial charge in [-0.1, -0.05) is 0 Å². The van der Waals surface area contributed by atoms with Crippen molar-refractivity contribution >= 4 is 17.6 Å². The molecule has 0 saturated carbocycles. The van der Waals surface area contributed by atoms with E-state index in [2.05, 4.69) is 4.74 Å². The van der Waals surface area contributed by atoms with Gasteiger partial charge >= 0.3 is 5.97 Å². The summed E-state index contributed by atoms with van der Waals surface area (Å²) in [5, 5.41) is 10.5. The van der Waals surface area contributed by atoms with E-state index in [9.17, 15) is 24.1 Å². The van der Waals surface area contributed by atoms with E-state index in [0.717, 1.165) is 17.0 Å². The second kappa shape index (κ2) is 6.60. The van der Waals surface area contributed by atoms with E-state index in [1.54, 1.807) is 6.92 Å². The highest BCUT2D eigenvalue weighted by Gasteiger charge is 2.21. The molecule has 0 bridgehead atoms. The minimum absolute atomic E-state index is 0.173. The molecule has 0 fully saturated rings. The van der Waals surface area contributed by atoms with Gasteiger partial charge in [-0.05, 0) is 13.0 Å². The van der Waals surface area contributed by atoms with E-state index in [-0.39, 0.29) is 18.7 Å². The molecule has 0 aromatic heterocycles. The molecule has 0 spiro atoms. The average Bonchev–Trinajstić information content (AvgIpc) is 2.37. The number of carbonyl (C=O) groups excluding carboxylic acids is 2. The number of ether oxygens (including phenoxy) is 1. The molecule has 0 atom stereocenters. The Balaban J connectivity index is 2.86. The summed E-state index contributed by atoms with van der Waals surface area (Å²) in [6.45, 7) is 1.46. The maximum atomic E-state index is 13.6. The number of carbonyl (C=O) groups is 2. The molecular weight excluding hydrogens is 271 g/mol. The monoisotopic (exact) mass is 284 g/mol. The van der Waals surface area contributed by atoms with Crippen LogP contribution in [0.4, 0.5) is 10.1 Å². The van der Waals surface area contributed by atoms with Crippen molar-refractivity contribution in [2.45, 2.75) is 6.92 Å². The molecule has 108 valence electrons. The standard InChI is InChI=1S/C12H13FN2O5/c1-3-20-11(16)7-14(2)12(17)9-5-4-8(15(18)19)6-10(9)13/h4-6H,3,7H2,1-2H3. The fraction of sp³-hybridized carbons (Fsp3) is 0.333. The zero-order valence-corrected chi connectivity index (χ0v) is 11.0. The Morgan fingerprint density at radius 1 is 1.45 bits per heavy atom. The van der Waals surface area contributed by atoms with Crippen LogP contribution < -0.4 is 0 Å². The molecule has 0 aliphatic rings. The first-order valence-corrected chi connectivity index (χ1v) is 5.71. The smallest absolute Gasteiger partial charge is 0.325 e. The maximum Gasteiger partial charge on any atom is 0.325 e. The zero-order valence-electron chi connectivity index (χ0n) is 11.0. The van der Waals surface area contributed by atoms with Crippen LogP contribution in [0.5, 0.6) is 0 Å². The van der Waals surface area contributed by atoms with Gasteiger partial charge < -0.3 is 9.64 Å². The zero-order chi connectivity index (χ0) is 15.3. The SMILES string of the molecule is CCOC(=O)CN(C)C(=O)c1ccc([N+](=O)[O-])cc1F. The Morgan fingerprint density at radius 2 is 2.10 bits per heavy atom. The van der Waals surface area contributed by atoms with Crippen LogP contribution in [-0.2, 0) is 9.53 Å². The molecule has 1 aromatic carbocycles. The van der Waals surface area contributed by atoms with E-state index < -0.39 is 28.3 Å². The van der Waals surface area contributed by atoms with Crippen LogP contribution in [0.25, 0.3) is 0 Å². The molecule has 0 saturated heterocycles. The van der Waals surface area contributed by atoms with Crippen molar-refractivity contribution in [2.75, 3.05) is 20.2 Å². The van der Waals surface area contributed by atoms with E-state index in [1.807, 2.05) is 0 Å². The van der Waals surface area contributed by atoms with Gasteiger partial charge in [-0.2, -0.15) is 0 Å². The number of nitro groups is 1. The number of esters is 1. The van der Waals surface area contributed by atoms with Gasteiger partial charge in [-0.25, -0.2) is 4.39 Å². The summed E-state index contributed by atoms with van der Waals surface area (Å²) in [6, 6.07) is 2.69. The van der Waals surface area contributed by atoms with Gasteiger partial charge in [0.15, 0.2) is 0 Å². The predicted octanol–water partition coefficient (Wildman–Crippen LogP) is 1.37. The molecule has 7 nitrogen and oxygen atoms in total. The van der Waals surface area contributed by atoms with Crippen molar-refractivity contribution in [1.82, 2.24) is 4.90 Å². The third-order valence-corrected chi connectivity index (χ3v) is 2.41. The topological polar surface area (TPSA) is 89.8 Å². The number of amides is 1. The average molecular weight is 284 g/mol. The van der Waals surface area contributed by atoms with Crippen LogP contribution in [0.2, 0.25) is 0 Å². The number of rotatable bonds is 5. The molecule has 0 aliphatic carbocycles. The van der Waals surface area contributed by atoms with Crippen LogP contribution in [0, 0.1) is 15.9 Å². The number of hydrogen-bond acceptors (Lipinski definition) is 5. The van der Waals surface area contributed by atoms with Crippen LogP contribution in [0.3, 0.4) is 0 Å².